The van der Waals surface area contributed by atoms with Gasteiger partial charge in [-0.2, -0.15) is 0 Å². The molecule has 0 amide bonds. The zero-order chi connectivity index (χ0) is 15.3. The fourth-order valence-corrected chi connectivity index (χ4v) is 1.17. The summed E-state index contributed by atoms with van der Waals surface area (Å²) in [5.74, 6) is -1.09. The minimum absolute atomic E-state index is 0.0899. The van der Waals surface area contributed by atoms with Crippen LogP contribution in [0.1, 0.15) is 24.2 Å². The Bertz CT molecular complexity index is 552. The number of hydrogen-bond donors (Lipinski definition) is 0. The molecule has 0 bridgehead atoms. The van der Waals surface area contributed by atoms with Gasteiger partial charge in [0.05, 0.1) is 0 Å². The van der Waals surface area contributed by atoms with E-state index in [-0.39, 0.29) is 28.2 Å². The van der Waals surface area contributed by atoms with Crippen molar-refractivity contribution in [3.05, 3.63) is 48.1 Å². The van der Waals surface area contributed by atoms with Crippen molar-refractivity contribution in [3.8, 4) is 11.5 Å². The van der Waals surface area contributed by atoms with Gasteiger partial charge in [-0.25, -0.2) is 9.59 Å². The molecular weight excluding hydrogens is 260 g/mol. The first kappa shape index (κ1) is 15.4. The van der Waals surface area contributed by atoms with Gasteiger partial charge < -0.3 is 9.47 Å². The molecule has 0 aliphatic rings. The average molecular weight is 274 g/mol. The maximum absolute atomic E-state index is 11.4. The summed E-state index contributed by atoms with van der Waals surface area (Å²) >= 11 is 0. The van der Waals surface area contributed by atoms with E-state index >= 15 is 0 Å². The molecule has 0 heterocycles. The van der Waals surface area contributed by atoms with E-state index < -0.39 is 11.9 Å². The number of carbonyl (C=O) groups excluding carboxylic acids is 3. The third-order valence-corrected chi connectivity index (χ3v) is 2.16. The summed E-state index contributed by atoms with van der Waals surface area (Å²) in [6.07, 6.45) is 0.552. The highest BCUT2D eigenvalue weighted by Crippen LogP contribution is 2.23. The standard InChI is InChI=1S/C15H14O5/c1-9(2)14(17)19-12-5-11(8-16)6-13(7-12)20-15(18)10(3)4/h5-8H,1,3H2,2,4H3. The maximum atomic E-state index is 11.4. The highest BCUT2D eigenvalue weighted by molar-refractivity contribution is 5.90. The molecule has 20 heavy (non-hydrogen) atoms. The Morgan fingerprint density at radius 3 is 1.65 bits per heavy atom. The van der Waals surface area contributed by atoms with Crippen LogP contribution in [0.2, 0.25) is 0 Å². The third kappa shape index (κ3) is 4.20. The summed E-state index contributed by atoms with van der Waals surface area (Å²) in [6.45, 7) is 9.88. The van der Waals surface area contributed by atoms with Gasteiger partial charge in [0.1, 0.15) is 17.8 Å². The van der Waals surface area contributed by atoms with Crippen molar-refractivity contribution < 1.29 is 23.9 Å². The second-order valence-electron chi connectivity index (χ2n) is 4.20. The van der Waals surface area contributed by atoms with E-state index in [2.05, 4.69) is 13.2 Å². The Labute approximate surface area is 116 Å². The van der Waals surface area contributed by atoms with Crippen LogP contribution in [0.4, 0.5) is 0 Å². The number of esters is 2. The van der Waals surface area contributed by atoms with Crippen molar-refractivity contribution >= 4 is 18.2 Å². The second kappa shape index (κ2) is 6.47. The summed E-state index contributed by atoms with van der Waals surface area (Å²) < 4.78 is 9.98. The normalized spacial score (nSPS) is 9.50. The minimum atomic E-state index is -0.634. The number of ether oxygens (including phenoxy) is 2. The van der Waals surface area contributed by atoms with Crippen molar-refractivity contribution in [2.45, 2.75) is 13.8 Å². The van der Waals surface area contributed by atoms with Crippen molar-refractivity contribution in [3.63, 3.8) is 0 Å². The quantitative estimate of drug-likeness (QED) is 0.357. The first-order valence-electron chi connectivity index (χ1n) is 5.69. The molecule has 0 atom stereocenters. The summed E-state index contributed by atoms with van der Waals surface area (Å²) in [7, 11) is 0. The van der Waals surface area contributed by atoms with E-state index in [0.29, 0.717) is 6.29 Å². The third-order valence-electron chi connectivity index (χ3n) is 2.16. The molecule has 0 saturated heterocycles. The zero-order valence-corrected chi connectivity index (χ0v) is 11.3. The van der Waals surface area contributed by atoms with E-state index in [1.165, 1.54) is 32.0 Å². The van der Waals surface area contributed by atoms with E-state index in [1.807, 2.05) is 0 Å². The topological polar surface area (TPSA) is 69.7 Å². The van der Waals surface area contributed by atoms with Gasteiger partial charge in [-0.1, -0.05) is 13.2 Å². The molecule has 104 valence electrons. The number of benzene rings is 1. The molecule has 1 rings (SSSR count). The highest BCUT2D eigenvalue weighted by Gasteiger charge is 2.11. The van der Waals surface area contributed by atoms with Crippen LogP contribution < -0.4 is 9.47 Å². The van der Waals surface area contributed by atoms with Crippen molar-refractivity contribution in [2.75, 3.05) is 0 Å². The van der Waals surface area contributed by atoms with Gasteiger partial charge in [-0.05, 0) is 26.0 Å². The molecule has 0 saturated carbocycles. The summed E-state index contributed by atoms with van der Waals surface area (Å²) in [6, 6.07) is 4.03. The molecule has 5 heteroatoms. The van der Waals surface area contributed by atoms with E-state index in [0.717, 1.165) is 0 Å². The highest BCUT2D eigenvalue weighted by atomic mass is 16.5. The fraction of sp³-hybridized carbons (Fsp3) is 0.133. The minimum Gasteiger partial charge on any atom is -0.423 e. The molecular formula is C15H14O5. The van der Waals surface area contributed by atoms with Gasteiger partial charge in [0.15, 0.2) is 0 Å². The lowest BCUT2D eigenvalue weighted by atomic mass is 10.2. The van der Waals surface area contributed by atoms with E-state index in [9.17, 15) is 14.4 Å². The Balaban J connectivity index is 3.05. The smallest absolute Gasteiger partial charge is 0.338 e. The second-order valence-corrected chi connectivity index (χ2v) is 4.20. The van der Waals surface area contributed by atoms with Crippen LogP contribution in [0.3, 0.4) is 0 Å². The van der Waals surface area contributed by atoms with Crippen LogP contribution in [0.15, 0.2) is 42.5 Å². The molecule has 1 aromatic carbocycles. The predicted molar refractivity (Wildman–Crippen MR) is 72.7 cm³/mol. The van der Waals surface area contributed by atoms with Crippen LogP contribution in [0, 0.1) is 0 Å². The Morgan fingerprint density at radius 2 is 1.35 bits per heavy atom. The van der Waals surface area contributed by atoms with Crippen LogP contribution >= 0.6 is 0 Å². The van der Waals surface area contributed by atoms with Gasteiger partial charge in [0, 0.05) is 22.8 Å². The molecule has 0 aliphatic carbocycles. The lowest BCUT2D eigenvalue weighted by molar-refractivity contribution is -0.130. The Hall–Kier alpha value is -2.69. The van der Waals surface area contributed by atoms with Crippen LogP contribution in [-0.4, -0.2) is 18.2 Å². The number of aldehydes is 1. The molecule has 0 spiro atoms. The van der Waals surface area contributed by atoms with Gasteiger partial charge in [-0.3, -0.25) is 4.79 Å². The molecule has 0 aromatic heterocycles. The first-order chi connectivity index (χ1) is 9.33. The van der Waals surface area contributed by atoms with Gasteiger partial charge in [0.25, 0.3) is 0 Å². The average Bonchev–Trinajstić information content (AvgIpc) is 2.37. The summed E-state index contributed by atoms with van der Waals surface area (Å²) in [4.78, 5) is 33.7. The molecule has 0 unspecified atom stereocenters. The zero-order valence-electron chi connectivity index (χ0n) is 11.3. The van der Waals surface area contributed by atoms with Crippen molar-refractivity contribution in [1.29, 1.82) is 0 Å². The largest absolute Gasteiger partial charge is 0.423 e. The SMILES string of the molecule is C=C(C)C(=O)Oc1cc(C=O)cc(OC(=O)C(=C)C)c1. The molecule has 5 nitrogen and oxygen atoms in total. The Kier molecular flexibility index (Phi) is 4.97. The summed E-state index contributed by atoms with van der Waals surface area (Å²) in [5.41, 5.74) is 0.630. The van der Waals surface area contributed by atoms with Gasteiger partial charge >= 0.3 is 11.9 Å². The monoisotopic (exact) mass is 274 g/mol. The fourth-order valence-electron chi connectivity index (χ4n) is 1.17. The molecule has 0 radical (unpaired) electrons. The van der Waals surface area contributed by atoms with E-state index in [1.54, 1.807) is 0 Å². The molecule has 0 fully saturated rings. The molecule has 1 aromatic rings. The number of hydrogen-bond acceptors (Lipinski definition) is 5. The Morgan fingerprint density at radius 1 is 0.950 bits per heavy atom. The summed E-state index contributed by atoms with van der Waals surface area (Å²) in [5, 5.41) is 0. The maximum Gasteiger partial charge on any atom is 0.338 e. The number of carbonyl (C=O) groups is 3. The van der Waals surface area contributed by atoms with E-state index in [4.69, 9.17) is 9.47 Å². The van der Waals surface area contributed by atoms with Crippen LogP contribution in [0.25, 0.3) is 0 Å². The van der Waals surface area contributed by atoms with Crippen LogP contribution in [0.5, 0.6) is 11.5 Å². The number of rotatable bonds is 5. The molecule has 0 aliphatic heterocycles. The lowest BCUT2D eigenvalue weighted by Crippen LogP contribution is -2.10. The molecule has 0 N–H and O–H groups in total. The van der Waals surface area contributed by atoms with Crippen LogP contribution in [-0.2, 0) is 9.59 Å². The van der Waals surface area contributed by atoms with Gasteiger partial charge in [-0.15, -0.1) is 0 Å². The predicted octanol–water partition coefficient (Wildman–Crippen LogP) is 2.46. The van der Waals surface area contributed by atoms with Crippen molar-refractivity contribution in [2.24, 2.45) is 0 Å². The van der Waals surface area contributed by atoms with Gasteiger partial charge in [0.2, 0.25) is 0 Å². The first-order valence-corrected chi connectivity index (χ1v) is 5.69. The van der Waals surface area contributed by atoms with Crippen molar-refractivity contribution in [1.82, 2.24) is 0 Å². The lowest BCUT2D eigenvalue weighted by Gasteiger charge is -2.08.